The molecule has 182 valence electrons. The molecule has 3 aromatic rings. The van der Waals surface area contributed by atoms with Crippen LogP contribution in [0.5, 0.6) is 0 Å². The van der Waals surface area contributed by atoms with E-state index in [1.807, 2.05) is 85.8 Å². The van der Waals surface area contributed by atoms with E-state index in [0.29, 0.717) is 5.56 Å². The molecule has 0 heterocycles. The van der Waals surface area contributed by atoms with Gasteiger partial charge in [0.25, 0.3) is 0 Å². The van der Waals surface area contributed by atoms with Crippen molar-refractivity contribution in [2.45, 2.75) is 51.5 Å². The summed E-state index contributed by atoms with van der Waals surface area (Å²) in [6.45, 7) is 7.12. The Hall–Kier alpha value is -3.70. The molecule has 1 N–H and O–H groups in total. The molecular weight excluding hydrogens is 438 g/mol. The second-order valence-corrected chi connectivity index (χ2v) is 9.41. The minimum atomic E-state index is -1.59. The maximum absolute atomic E-state index is 13.7. The van der Waals surface area contributed by atoms with Gasteiger partial charge in [-0.3, -0.25) is 4.79 Å². The molecular formula is C30H33NO4. The summed E-state index contributed by atoms with van der Waals surface area (Å²) in [6.07, 6.45) is 1.62. The van der Waals surface area contributed by atoms with Gasteiger partial charge in [-0.1, -0.05) is 91.0 Å². The van der Waals surface area contributed by atoms with Crippen LogP contribution >= 0.6 is 0 Å². The summed E-state index contributed by atoms with van der Waals surface area (Å²) in [7, 11) is 0. The number of aliphatic hydroxyl groups excluding tert-OH is 1. The predicted molar refractivity (Wildman–Crippen MR) is 138 cm³/mol. The zero-order valence-electron chi connectivity index (χ0n) is 20.7. The molecule has 0 aliphatic heterocycles. The van der Waals surface area contributed by atoms with Crippen molar-refractivity contribution in [2.24, 2.45) is 0 Å². The van der Waals surface area contributed by atoms with Gasteiger partial charge in [0, 0.05) is 6.08 Å². The van der Waals surface area contributed by atoms with Crippen LogP contribution in [0, 0.1) is 0 Å². The fourth-order valence-corrected chi connectivity index (χ4v) is 3.92. The fraction of sp³-hybridized carbons (Fsp3) is 0.267. The molecule has 35 heavy (non-hydrogen) atoms. The smallest absolute Gasteiger partial charge is 0.338 e. The molecule has 0 saturated heterocycles. The van der Waals surface area contributed by atoms with Gasteiger partial charge in [0.2, 0.25) is 5.91 Å². The van der Waals surface area contributed by atoms with Crippen molar-refractivity contribution in [1.29, 1.82) is 0 Å². The minimum Gasteiger partial charge on any atom is -0.458 e. The Balaban J connectivity index is 2.08. The summed E-state index contributed by atoms with van der Waals surface area (Å²) >= 11 is 0. The Labute approximate surface area is 207 Å². The quantitative estimate of drug-likeness (QED) is 0.336. The predicted octanol–water partition coefficient (Wildman–Crippen LogP) is 5.73. The highest BCUT2D eigenvalue weighted by atomic mass is 16.6. The second-order valence-electron chi connectivity index (χ2n) is 9.41. The highest BCUT2D eigenvalue weighted by Gasteiger charge is 2.39. The Morgan fingerprint density at radius 3 is 1.83 bits per heavy atom. The van der Waals surface area contributed by atoms with E-state index in [-0.39, 0.29) is 5.91 Å². The maximum Gasteiger partial charge on any atom is 0.338 e. The van der Waals surface area contributed by atoms with Gasteiger partial charge in [0.15, 0.2) is 6.10 Å². The molecule has 3 unspecified atom stereocenters. The molecule has 3 rings (SSSR count). The summed E-state index contributed by atoms with van der Waals surface area (Å²) in [5, 5.41) is 11.3. The number of hydrogen-bond acceptors (Lipinski definition) is 4. The number of benzene rings is 3. The van der Waals surface area contributed by atoms with Crippen LogP contribution in [-0.2, 0) is 14.3 Å². The first-order chi connectivity index (χ1) is 16.7. The van der Waals surface area contributed by atoms with E-state index >= 15 is 0 Å². The standard InChI is InChI=1S/C30H33NO4/c1-22(24-16-10-6-11-17-24)31(26(32)21-20-23-14-8-5-9-15-23)27(25-18-12-7-13-19-25)28(33)29(34)35-30(2,3)4/h5-22,27-28,33H,1-4H3/b21-20+. The fourth-order valence-electron chi connectivity index (χ4n) is 3.92. The van der Waals surface area contributed by atoms with Gasteiger partial charge in [-0.25, -0.2) is 4.79 Å². The lowest BCUT2D eigenvalue weighted by atomic mass is 9.95. The summed E-state index contributed by atoms with van der Waals surface area (Å²) in [5.41, 5.74) is 1.60. The van der Waals surface area contributed by atoms with E-state index in [0.717, 1.165) is 11.1 Å². The number of esters is 1. The third kappa shape index (κ3) is 7.14. The highest BCUT2D eigenvalue weighted by molar-refractivity contribution is 5.93. The molecule has 0 aliphatic rings. The lowest BCUT2D eigenvalue weighted by Gasteiger charge is -2.39. The van der Waals surface area contributed by atoms with Crippen LogP contribution in [0.3, 0.4) is 0 Å². The zero-order chi connectivity index (χ0) is 25.4. The van der Waals surface area contributed by atoms with Crippen molar-refractivity contribution < 1.29 is 19.4 Å². The third-order valence-electron chi connectivity index (χ3n) is 5.56. The Kier molecular flexibility index (Phi) is 8.61. The van der Waals surface area contributed by atoms with Crippen molar-refractivity contribution in [1.82, 2.24) is 4.90 Å². The Morgan fingerprint density at radius 1 is 0.829 bits per heavy atom. The summed E-state index contributed by atoms with van der Waals surface area (Å²) in [6, 6.07) is 26.7. The molecule has 5 nitrogen and oxygen atoms in total. The second kappa shape index (κ2) is 11.6. The van der Waals surface area contributed by atoms with Crippen LogP contribution in [0.25, 0.3) is 6.08 Å². The van der Waals surface area contributed by atoms with E-state index in [9.17, 15) is 14.7 Å². The lowest BCUT2D eigenvalue weighted by Crippen LogP contribution is -2.46. The number of rotatable bonds is 8. The van der Waals surface area contributed by atoms with Crippen molar-refractivity contribution >= 4 is 18.0 Å². The SMILES string of the molecule is CC(c1ccccc1)N(C(=O)/C=C/c1ccccc1)C(c1ccccc1)C(O)C(=O)OC(C)(C)C. The summed E-state index contributed by atoms with van der Waals surface area (Å²) in [5.74, 6) is -1.11. The number of amides is 1. The normalized spacial score (nSPS) is 14.2. The van der Waals surface area contributed by atoms with Gasteiger partial charge in [-0.05, 0) is 50.5 Å². The Morgan fingerprint density at radius 2 is 1.31 bits per heavy atom. The van der Waals surface area contributed by atoms with E-state index in [4.69, 9.17) is 4.74 Å². The molecule has 1 amide bonds. The van der Waals surface area contributed by atoms with Crippen LogP contribution in [0.15, 0.2) is 97.1 Å². The van der Waals surface area contributed by atoms with Gasteiger partial charge >= 0.3 is 5.97 Å². The first kappa shape index (κ1) is 25.9. The molecule has 5 heteroatoms. The van der Waals surface area contributed by atoms with Crippen LogP contribution in [0.4, 0.5) is 0 Å². The first-order valence-corrected chi connectivity index (χ1v) is 11.7. The number of aliphatic hydroxyl groups is 1. The van der Waals surface area contributed by atoms with Gasteiger partial charge in [-0.15, -0.1) is 0 Å². The zero-order valence-corrected chi connectivity index (χ0v) is 20.7. The minimum absolute atomic E-state index is 0.332. The van der Waals surface area contributed by atoms with Crippen LogP contribution < -0.4 is 0 Å². The summed E-state index contributed by atoms with van der Waals surface area (Å²) in [4.78, 5) is 28.3. The molecule has 0 bridgehead atoms. The summed E-state index contributed by atoms with van der Waals surface area (Å²) < 4.78 is 5.50. The van der Waals surface area contributed by atoms with E-state index in [1.165, 1.54) is 6.08 Å². The van der Waals surface area contributed by atoms with E-state index in [2.05, 4.69) is 0 Å². The number of nitrogens with zero attached hydrogens (tertiary/aromatic N) is 1. The first-order valence-electron chi connectivity index (χ1n) is 11.7. The lowest BCUT2D eigenvalue weighted by molar-refractivity contribution is -0.170. The molecule has 0 fully saturated rings. The Bertz CT molecular complexity index is 1120. The average molecular weight is 472 g/mol. The van der Waals surface area contributed by atoms with E-state index < -0.39 is 29.8 Å². The van der Waals surface area contributed by atoms with Gasteiger partial charge in [-0.2, -0.15) is 0 Å². The van der Waals surface area contributed by atoms with Crippen molar-refractivity contribution in [3.63, 3.8) is 0 Å². The average Bonchev–Trinajstić information content (AvgIpc) is 2.85. The molecule has 0 spiro atoms. The largest absolute Gasteiger partial charge is 0.458 e. The third-order valence-corrected chi connectivity index (χ3v) is 5.56. The van der Waals surface area contributed by atoms with Crippen molar-refractivity contribution in [3.05, 3.63) is 114 Å². The van der Waals surface area contributed by atoms with Gasteiger partial charge in [0.05, 0.1) is 12.1 Å². The van der Waals surface area contributed by atoms with Gasteiger partial charge in [0.1, 0.15) is 5.60 Å². The number of carbonyl (C=O) groups excluding carboxylic acids is 2. The molecule has 3 atom stereocenters. The topological polar surface area (TPSA) is 66.8 Å². The van der Waals surface area contributed by atoms with Crippen molar-refractivity contribution in [3.8, 4) is 0 Å². The molecule has 0 saturated carbocycles. The number of ether oxygens (including phenoxy) is 1. The molecule has 3 aromatic carbocycles. The molecule has 0 aliphatic carbocycles. The number of hydrogen-bond donors (Lipinski definition) is 1. The molecule has 0 radical (unpaired) electrons. The number of carbonyl (C=O) groups is 2. The van der Waals surface area contributed by atoms with Gasteiger partial charge < -0.3 is 14.7 Å². The van der Waals surface area contributed by atoms with Crippen LogP contribution in [0.1, 0.15) is 56.5 Å². The monoisotopic (exact) mass is 471 g/mol. The van der Waals surface area contributed by atoms with Crippen LogP contribution in [0.2, 0.25) is 0 Å². The van der Waals surface area contributed by atoms with Crippen molar-refractivity contribution in [2.75, 3.05) is 0 Å². The molecule has 0 aromatic heterocycles. The van der Waals surface area contributed by atoms with E-state index in [1.54, 1.807) is 43.9 Å². The van der Waals surface area contributed by atoms with Crippen LogP contribution in [-0.4, -0.2) is 33.6 Å². The highest BCUT2D eigenvalue weighted by Crippen LogP contribution is 2.34. The maximum atomic E-state index is 13.7.